The van der Waals surface area contributed by atoms with E-state index in [1.807, 2.05) is 0 Å². The van der Waals surface area contributed by atoms with Crippen molar-refractivity contribution >= 4 is 11.6 Å². The van der Waals surface area contributed by atoms with Crippen LogP contribution in [0.5, 0.6) is 17.2 Å². The van der Waals surface area contributed by atoms with Crippen molar-refractivity contribution in [2.24, 2.45) is 5.73 Å². The van der Waals surface area contributed by atoms with Crippen LogP contribution in [0, 0.1) is 0 Å². The highest BCUT2D eigenvalue weighted by molar-refractivity contribution is 6.33. The summed E-state index contributed by atoms with van der Waals surface area (Å²) in [6, 6.07) is 1.77. The zero-order valence-corrected chi connectivity index (χ0v) is 11.4. The largest absolute Gasteiger partial charge is 0.495 e. The average Bonchev–Trinajstić information content (AvgIpc) is 2.38. The first-order valence-electron chi connectivity index (χ1n) is 6.05. The molecule has 1 aromatic rings. The molecule has 1 heterocycles. The summed E-state index contributed by atoms with van der Waals surface area (Å²) in [5, 5.41) is 0.586. The molecule has 2 rings (SSSR count). The molecule has 0 saturated carbocycles. The second kappa shape index (κ2) is 5.67. The molecule has 4 nitrogen and oxygen atoms in total. The zero-order chi connectivity index (χ0) is 13.1. The average molecular weight is 272 g/mol. The van der Waals surface area contributed by atoms with Crippen molar-refractivity contribution in [1.82, 2.24) is 0 Å². The predicted molar refractivity (Wildman–Crippen MR) is 71.1 cm³/mol. The lowest BCUT2D eigenvalue weighted by atomic mass is 9.95. The van der Waals surface area contributed by atoms with Gasteiger partial charge in [0.15, 0.2) is 11.5 Å². The molecule has 5 heteroatoms. The third kappa shape index (κ3) is 2.35. The van der Waals surface area contributed by atoms with Crippen LogP contribution >= 0.6 is 11.6 Å². The molecule has 0 bridgehead atoms. The molecule has 1 aliphatic rings. The van der Waals surface area contributed by atoms with Gasteiger partial charge in [-0.1, -0.05) is 18.5 Å². The summed E-state index contributed by atoms with van der Waals surface area (Å²) >= 11 is 6.38. The molecule has 0 fully saturated rings. The molecule has 2 N–H and O–H groups in total. The van der Waals surface area contributed by atoms with E-state index in [2.05, 4.69) is 6.92 Å². The van der Waals surface area contributed by atoms with Gasteiger partial charge >= 0.3 is 0 Å². The summed E-state index contributed by atoms with van der Waals surface area (Å²) in [6.45, 7) is 3.76. The molecule has 1 aromatic carbocycles. The van der Waals surface area contributed by atoms with E-state index in [9.17, 15) is 0 Å². The predicted octanol–water partition coefficient (Wildman–Crippen LogP) is 2.57. The van der Waals surface area contributed by atoms with E-state index in [1.54, 1.807) is 13.2 Å². The highest BCUT2D eigenvalue weighted by Crippen LogP contribution is 2.47. The van der Waals surface area contributed by atoms with Gasteiger partial charge < -0.3 is 19.9 Å². The topological polar surface area (TPSA) is 53.7 Å². The molecule has 0 amide bonds. The highest BCUT2D eigenvalue weighted by Gasteiger charge is 2.25. The highest BCUT2D eigenvalue weighted by atomic mass is 35.5. The number of ether oxygens (including phenoxy) is 3. The molecule has 0 spiro atoms. The molecular formula is C13H18ClNO3. The van der Waals surface area contributed by atoms with Gasteiger partial charge in [0, 0.05) is 11.6 Å². The Balaban J connectivity index is 2.52. The van der Waals surface area contributed by atoms with Crippen LogP contribution in [0.3, 0.4) is 0 Å². The SMILES string of the molecule is COc1cc2c(c(C(C)CCN)c1Cl)OCCO2. The first-order chi connectivity index (χ1) is 8.69. The fourth-order valence-electron chi connectivity index (χ4n) is 2.15. The van der Waals surface area contributed by atoms with Crippen molar-refractivity contribution in [1.29, 1.82) is 0 Å². The third-order valence-electron chi connectivity index (χ3n) is 3.08. The second-order valence-corrected chi connectivity index (χ2v) is 4.69. The lowest BCUT2D eigenvalue weighted by Gasteiger charge is -2.25. The van der Waals surface area contributed by atoms with Gasteiger partial charge in [-0.3, -0.25) is 0 Å². The van der Waals surface area contributed by atoms with Gasteiger partial charge in [-0.15, -0.1) is 0 Å². The Bertz CT molecular complexity index is 437. The van der Waals surface area contributed by atoms with Crippen LogP contribution in [0.25, 0.3) is 0 Å². The molecule has 0 aliphatic carbocycles. The van der Waals surface area contributed by atoms with Crippen molar-refractivity contribution in [2.75, 3.05) is 26.9 Å². The fraction of sp³-hybridized carbons (Fsp3) is 0.538. The molecule has 0 saturated heterocycles. The minimum atomic E-state index is 0.202. The molecule has 0 radical (unpaired) electrons. The van der Waals surface area contributed by atoms with Crippen molar-refractivity contribution in [2.45, 2.75) is 19.3 Å². The summed E-state index contributed by atoms with van der Waals surface area (Å²) in [5.74, 6) is 2.24. The molecule has 0 aromatic heterocycles. The van der Waals surface area contributed by atoms with E-state index in [0.717, 1.165) is 17.7 Å². The van der Waals surface area contributed by atoms with E-state index in [0.29, 0.717) is 36.3 Å². The quantitative estimate of drug-likeness (QED) is 0.914. The minimum absolute atomic E-state index is 0.202. The Kier molecular flexibility index (Phi) is 4.19. The van der Waals surface area contributed by atoms with Gasteiger partial charge in [0.05, 0.1) is 12.1 Å². The summed E-state index contributed by atoms with van der Waals surface area (Å²) in [7, 11) is 1.59. The summed E-state index contributed by atoms with van der Waals surface area (Å²) in [4.78, 5) is 0. The maximum Gasteiger partial charge on any atom is 0.166 e. The van der Waals surface area contributed by atoms with E-state index in [4.69, 9.17) is 31.5 Å². The fourth-order valence-corrected chi connectivity index (χ4v) is 2.55. The first kappa shape index (κ1) is 13.3. The van der Waals surface area contributed by atoms with Gasteiger partial charge in [0.25, 0.3) is 0 Å². The van der Waals surface area contributed by atoms with Gasteiger partial charge in [-0.2, -0.15) is 0 Å². The zero-order valence-electron chi connectivity index (χ0n) is 10.7. The van der Waals surface area contributed by atoms with Crippen molar-refractivity contribution < 1.29 is 14.2 Å². The third-order valence-corrected chi connectivity index (χ3v) is 3.47. The Morgan fingerprint density at radius 2 is 2.17 bits per heavy atom. The minimum Gasteiger partial charge on any atom is -0.495 e. The van der Waals surface area contributed by atoms with Crippen LogP contribution in [-0.4, -0.2) is 26.9 Å². The Labute approximate surface area is 112 Å². The van der Waals surface area contributed by atoms with E-state index < -0.39 is 0 Å². The lowest BCUT2D eigenvalue weighted by molar-refractivity contribution is 0.168. The Morgan fingerprint density at radius 1 is 1.44 bits per heavy atom. The number of benzene rings is 1. The molecule has 1 aliphatic heterocycles. The molecule has 1 unspecified atom stereocenters. The Hall–Kier alpha value is -1.13. The van der Waals surface area contributed by atoms with E-state index >= 15 is 0 Å². The molecule has 100 valence electrons. The van der Waals surface area contributed by atoms with Gasteiger partial charge in [0.1, 0.15) is 19.0 Å². The maximum absolute atomic E-state index is 6.38. The number of fused-ring (bicyclic) bond motifs is 1. The van der Waals surface area contributed by atoms with Crippen molar-refractivity contribution in [3.63, 3.8) is 0 Å². The number of nitrogens with two attached hydrogens (primary N) is 1. The number of methoxy groups -OCH3 is 1. The number of hydrogen-bond acceptors (Lipinski definition) is 4. The standard InChI is InChI=1S/C13H18ClNO3/c1-8(3-4-15)11-12(14)9(16-2)7-10-13(11)18-6-5-17-10/h7-8H,3-6,15H2,1-2H3. The van der Waals surface area contributed by atoms with Crippen LogP contribution < -0.4 is 19.9 Å². The summed E-state index contributed by atoms with van der Waals surface area (Å²) < 4.78 is 16.6. The maximum atomic E-state index is 6.38. The number of halogens is 1. The second-order valence-electron chi connectivity index (χ2n) is 4.31. The molecule has 1 atom stereocenters. The van der Waals surface area contributed by atoms with Crippen LogP contribution in [0.15, 0.2) is 6.07 Å². The number of rotatable bonds is 4. The van der Waals surface area contributed by atoms with Crippen LogP contribution in [0.4, 0.5) is 0 Å². The van der Waals surface area contributed by atoms with Gasteiger partial charge in [-0.25, -0.2) is 0 Å². The van der Waals surface area contributed by atoms with Crippen LogP contribution in [0.2, 0.25) is 5.02 Å². The number of hydrogen-bond donors (Lipinski definition) is 1. The first-order valence-corrected chi connectivity index (χ1v) is 6.42. The monoisotopic (exact) mass is 271 g/mol. The van der Waals surface area contributed by atoms with Gasteiger partial charge in [-0.05, 0) is 18.9 Å². The summed E-state index contributed by atoms with van der Waals surface area (Å²) in [5.41, 5.74) is 6.54. The summed E-state index contributed by atoms with van der Waals surface area (Å²) in [6.07, 6.45) is 0.836. The van der Waals surface area contributed by atoms with Gasteiger partial charge in [0.2, 0.25) is 0 Å². The molecule has 18 heavy (non-hydrogen) atoms. The van der Waals surface area contributed by atoms with Crippen LogP contribution in [0.1, 0.15) is 24.8 Å². The van der Waals surface area contributed by atoms with Crippen molar-refractivity contribution in [3.05, 3.63) is 16.7 Å². The smallest absolute Gasteiger partial charge is 0.166 e. The van der Waals surface area contributed by atoms with E-state index in [1.165, 1.54) is 0 Å². The molecular weight excluding hydrogens is 254 g/mol. The lowest BCUT2D eigenvalue weighted by Crippen LogP contribution is -2.18. The Morgan fingerprint density at radius 3 is 2.83 bits per heavy atom. The normalized spacial score (nSPS) is 15.3. The van der Waals surface area contributed by atoms with Crippen molar-refractivity contribution in [3.8, 4) is 17.2 Å². The van der Waals surface area contributed by atoms with E-state index in [-0.39, 0.29) is 5.92 Å². The van der Waals surface area contributed by atoms with Crippen LogP contribution in [-0.2, 0) is 0 Å².